The number of nitrogens with one attached hydrogen (secondary N) is 1. The Hall–Kier alpha value is -3.09. The number of aryl methyl sites for hydroxylation is 3. The highest BCUT2D eigenvalue weighted by molar-refractivity contribution is 5.93. The van der Waals surface area contributed by atoms with Gasteiger partial charge in [-0.25, -0.2) is 0 Å². The summed E-state index contributed by atoms with van der Waals surface area (Å²) >= 11 is 0. The SMILES string of the molecule is Cc1nn(C)c(C)c1-c1cc(C(=O)NCC2COc3ccccc3C2)n(C)n1. The molecule has 2 aromatic heterocycles. The summed E-state index contributed by atoms with van der Waals surface area (Å²) in [5.74, 6) is 1.08. The second kappa shape index (κ2) is 7.14. The van der Waals surface area contributed by atoms with Gasteiger partial charge in [0.15, 0.2) is 0 Å². The number of carbonyl (C=O) groups excluding carboxylic acids is 1. The minimum absolute atomic E-state index is 0.126. The van der Waals surface area contributed by atoms with E-state index in [0.29, 0.717) is 18.8 Å². The van der Waals surface area contributed by atoms with Crippen LogP contribution in [0.2, 0.25) is 0 Å². The average molecular weight is 379 g/mol. The summed E-state index contributed by atoms with van der Waals surface area (Å²) in [6, 6.07) is 9.90. The third-order valence-corrected chi connectivity index (χ3v) is 5.38. The van der Waals surface area contributed by atoms with E-state index in [-0.39, 0.29) is 11.8 Å². The number of hydrogen-bond acceptors (Lipinski definition) is 4. The van der Waals surface area contributed by atoms with Gasteiger partial charge in [0.1, 0.15) is 11.4 Å². The van der Waals surface area contributed by atoms with E-state index >= 15 is 0 Å². The molecule has 0 fully saturated rings. The van der Waals surface area contributed by atoms with Crippen LogP contribution in [0.4, 0.5) is 0 Å². The molecule has 3 heterocycles. The van der Waals surface area contributed by atoms with E-state index in [9.17, 15) is 4.79 Å². The molecule has 0 saturated heterocycles. The van der Waals surface area contributed by atoms with E-state index in [2.05, 4.69) is 21.6 Å². The Labute approximate surface area is 164 Å². The van der Waals surface area contributed by atoms with Gasteiger partial charge in [-0.3, -0.25) is 14.2 Å². The Bertz CT molecular complexity index is 1030. The normalized spacial score (nSPS) is 15.8. The lowest BCUT2D eigenvalue weighted by Gasteiger charge is -2.25. The van der Waals surface area contributed by atoms with Crippen molar-refractivity contribution in [1.82, 2.24) is 24.9 Å². The summed E-state index contributed by atoms with van der Waals surface area (Å²) in [5, 5.41) is 12.0. The molecule has 1 aliphatic heterocycles. The van der Waals surface area contributed by atoms with Gasteiger partial charge in [-0.2, -0.15) is 10.2 Å². The molecule has 0 spiro atoms. The van der Waals surface area contributed by atoms with E-state index in [1.165, 1.54) is 5.56 Å². The van der Waals surface area contributed by atoms with E-state index in [1.54, 1.807) is 11.7 Å². The summed E-state index contributed by atoms with van der Waals surface area (Å²) in [5.41, 5.74) is 5.41. The van der Waals surface area contributed by atoms with Gasteiger partial charge >= 0.3 is 0 Å². The molecular formula is C21H25N5O2. The third kappa shape index (κ3) is 3.28. The molecule has 1 aromatic carbocycles. The van der Waals surface area contributed by atoms with Crippen LogP contribution in [0, 0.1) is 19.8 Å². The Balaban J connectivity index is 1.45. The van der Waals surface area contributed by atoms with Gasteiger partial charge in [-0.15, -0.1) is 0 Å². The number of benzene rings is 1. The number of amides is 1. The molecule has 1 N–H and O–H groups in total. The average Bonchev–Trinajstić information content (AvgIpc) is 3.18. The highest BCUT2D eigenvalue weighted by atomic mass is 16.5. The molecule has 28 heavy (non-hydrogen) atoms. The van der Waals surface area contributed by atoms with E-state index in [0.717, 1.165) is 34.8 Å². The molecular weight excluding hydrogens is 354 g/mol. The molecule has 7 nitrogen and oxygen atoms in total. The first kappa shape index (κ1) is 18.3. The van der Waals surface area contributed by atoms with Crippen LogP contribution in [0.15, 0.2) is 30.3 Å². The van der Waals surface area contributed by atoms with Crippen molar-refractivity contribution in [3.63, 3.8) is 0 Å². The fourth-order valence-corrected chi connectivity index (χ4v) is 3.80. The standard InChI is InChI=1S/C21H25N5O2/c1-13-20(14(2)25(3)23-13)17-10-18(26(4)24-17)21(27)22-11-15-9-16-7-5-6-8-19(16)28-12-15/h5-8,10,15H,9,11-12H2,1-4H3,(H,22,27). The molecule has 146 valence electrons. The fraction of sp³-hybridized carbons (Fsp3) is 0.381. The molecule has 1 unspecified atom stereocenters. The Morgan fingerprint density at radius 1 is 1.21 bits per heavy atom. The number of carbonyl (C=O) groups is 1. The number of nitrogens with zero attached hydrogens (tertiary/aromatic N) is 4. The highest BCUT2D eigenvalue weighted by Gasteiger charge is 2.22. The topological polar surface area (TPSA) is 74.0 Å². The van der Waals surface area contributed by atoms with Gasteiger partial charge in [0.25, 0.3) is 5.91 Å². The second-order valence-corrected chi connectivity index (χ2v) is 7.41. The van der Waals surface area contributed by atoms with Crippen molar-refractivity contribution in [3.05, 3.63) is 53.0 Å². The molecule has 0 radical (unpaired) electrons. The summed E-state index contributed by atoms with van der Waals surface area (Å²) in [4.78, 5) is 12.7. The maximum atomic E-state index is 12.7. The van der Waals surface area contributed by atoms with Crippen LogP contribution in [0.3, 0.4) is 0 Å². The lowest BCUT2D eigenvalue weighted by molar-refractivity contribution is 0.0929. The van der Waals surface area contributed by atoms with Crippen LogP contribution in [0.5, 0.6) is 5.75 Å². The molecule has 4 rings (SSSR count). The zero-order valence-corrected chi connectivity index (χ0v) is 16.7. The molecule has 3 aromatic rings. The van der Waals surface area contributed by atoms with Crippen LogP contribution in [-0.4, -0.2) is 38.6 Å². The predicted molar refractivity (Wildman–Crippen MR) is 106 cm³/mol. The molecule has 0 bridgehead atoms. The zero-order chi connectivity index (χ0) is 19.8. The van der Waals surface area contributed by atoms with Gasteiger partial charge in [-0.05, 0) is 38.0 Å². The van der Waals surface area contributed by atoms with Crippen molar-refractivity contribution in [2.24, 2.45) is 20.0 Å². The first-order valence-electron chi connectivity index (χ1n) is 9.47. The first-order chi connectivity index (χ1) is 13.4. The Morgan fingerprint density at radius 2 is 2.00 bits per heavy atom. The summed E-state index contributed by atoms with van der Waals surface area (Å²) in [6.45, 7) is 5.14. The van der Waals surface area contributed by atoms with Crippen molar-refractivity contribution < 1.29 is 9.53 Å². The minimum atomic E-state index is -0.126. The van der Waals surface area contributed by atoms with Gasteiger partial charge in [0.05, 0.1) is 18.0 Å². The van der Waals surface area contributed by atoms with Crippen molar-refractivity contribution in [3.8, 4) is 17.0 Å². The number of aromatic nitrogens is 4. The summed E-state index contributed by atoms with van der Waals surface area (Å²) < 4.78 is 9.27. The van der Waals surface area contributed by atoms with E-state index in [4.69, 9.17) is 4.74 Å². The third-order valence-electron chi connectivity index (χ3n) is 5.38. The number of rotatable bonds is 4. The maximum absolute atomic E-state index is 12.7. The lowest BCUT2D eigenvalue weighted by Crippen LogP contribution is -2.35. The molecule has 0 saturated carbocycles. The van der Waals surface area contributed by atoms with Gasteiger partial charge < -0.3 is 10.1 Å². The molecule has 7 heteroatoms. The quantitative estimate of drug-likeness (QED) is 0.756. The molecule has 0 aliphatic carbocycles. The lowest BCUT2D eigenvalue weighted by atomic mass is 9.97. The molecule has 1 amide bonds. The van der Waals surface area contributed by atoms with Crippen molar-refractivity contribution >= 4 is 5.91 Å². The summed E-state index contributed by atoms with van der Waals surface area (Å²) in [6.07, 6.45) is 0.904. The number of fused-ring (bicyclic) bond motifs is 1. The molecule has 1 atom stereocenters. The van der Waals surface area contributed by atoms with Crippen LogP contribution >= 0.6 is 0 Å². The Morgan fingerprint density at radius 3 is 2.75 bits per heavy atom. The van der Waals surface area contributed by atoms with Gasteiger partial charge in [0, 0.05) is 37.8 Å². The van der Waals surface area contributed by atoms with E-state index in [1.807, 2.05) is 49.8 Å². The maximum Gasteiger partial charge on any atom is 0.269 e. The smallest absolute Gasteiger partial charge is 0.269 e. The van der Waals surface area contributed by atoms with Crippen LogP contribution in [-0.2, 0) is 20.5 Å². The van der Waals surface area contributed by atoms with Crippen LogP contribution in [0.25, 0.3) is 11.3 Å². The van der Waals surface area contributed by atoms with Crippen molar-refractivity contribution in [1.29, 1.82) is 0 Å². The van der Waals surface area contributed by atoms with Gasteiger partial charge in [-0.1, -0.05) is 18.2 Å². The monoisotopic (exact) mass is 379 g/mol. The molecule has 1 aliphatic rings. The second-order valence-electron chi connectivity index (χ2n) is 7.41. The fourth-order valence-electron chi connectivity index (χ4n) is 3.80. The zero-order valence-electron chi connectivity index (χ0n) is 16.7. The van der Waals surface area contributed by atoms with Crippen LogP contribution < -0.4 is 10.1 Å². The number of hydrogen-bond donors (Lipinski definition) is 1. The largest absolute Gasteiger partial charge is 0.493 e. The first-order valence-corrected chi connectivity index (χ1v) is 9.47. The highest BCUT2D eigenvalue weighted by Crippen LogP contribution is 2.27. The van der Waals surface area contributed by atoms with Gasteiger partial charge in [0.2, 0.25) is 0 Å². The van der Waals surface area contributed by atoms with Crippen LogP contribution in [0.1, 0.15) is 27.4 Å². The van der Waals surface area contributed by atoms with Crippen molar-refractivity contribution in [2.45, 2.75) is 20.3 Å². The minimum Gasteiger partial charge on any atom is -0.493 e. The van der Waals surface area contributed by atoms with E-state index < -0.39 is 0 Å². The van der Waals surface area contributed by atoms with Crippen molar-refractivity contribution in [2.75, 3.05) is 13.2 Å². The number of para-hydroxylation sites is 1. The summed E-state index contributed by atoms with van der Waals surface area (Å²) in [7, 11) is 3.70. The predicted octanol–water partition coefficient (Wildman–Crippen LogP) is 2.42. The Kier molecular flexibility index (Phi) is 4.66. The number of ether oxygens (including phenoxy) is 1.